The molecule has 6 heteroatoms. The lowest BCUT2D eigenvalue weighted by molar-refractivity contribution is 0.634. The summed E-state index contributed by atoms with van der Waals surface area (Å²) in [6, 6.07) is 76.4. The Hall–Kier alpha value is -8.06. The van der Waals surface area contributed by atoms with Crippen molar-refractivity contribution < 1.29 is 0 Å². The van der Waals surface area contributed by atoms with Crippen LogP contribution in [0.3, 0.4) is 0 Å². The van der Waals surface area contributed by atoms with E-state index in [0.29, 0.717) is 0 Å². The highest BCUT2D eigenvalue weighted by atomic mass is 28.3. The largest absolute Gasteiger partial charge is 0.309 e. The van der Waals surface area contributed by atoms with Gasteiger partial charge in [0.05, 0.1) is 22.2 Å². The Morgan fingerprint density at radius 2 is 1.09 bits per heavy atom. The van der Waals surface area contributed by atoms with E-state index in [1.54, 1.807) is 0 Å². The maximum Gasteiger partial charge on any atom is 0.179 e. The van der Waals surface area contributed by atoms with Crippen molar-refractivity contribution >= 4 is 95.1 Å². The van der Waals surface area contributed by atoms with Gasteiger partial charge in [0, 0.05) is 62.5 Å². The molecule has 0 amide bonds. The molecule has 1 aliphatic heterocycles. The molecule has 65 heavy (non-hydrogen) atoms. The van der Waals surface area contributed by atoms with Crippen LogP contribution in [0.15, 0.2) is 225 Å². The van der Waals surface area contributed by atoms with Crippen LogP contribution in [0.1, 0.15) is 25.0 Å². The van der Waals surface area contributed by atoms with Crippen molar-refractivity contribution in [3.63, 3.8) is 0 Å². The number of nitrogens with zero attached hydrogens (tertiary/aromatic N) is 5. The summed E-state index contributed by atoms with van der Waals surface area (Å²) in [7, 11) is -3.06. The first-order chi connectivity index (χ1) is 32.0. The molecule has 0 aliphatic carbocycles. The molecular weight excluding hydrogens is 807 g/mol. The van der Waals surface area contributed by atoms with Crippen LogP contribution in [0.4, 0.5) is 17.2 Å². The standard InChI is InChI=1S/C59H43N5Si/c1-59(2)50-28-17-35-60-58(50)64(54-34-33-53-55(56(54)59)48-27-13-15-30-52(48)63(53)40-18-6-3-7-19-40)41-20-16-25-44(38-41)65(42-21-8-4-9-22-42,43-23-10-5-11-24-43)45-31-32-46-47-26-12-14-29-51(47)62-37-36-61-57(62)49(46)39-45/h3-39H,1-2H3. The molecule has 1 aliphatic rings. The van der Waals surface area contributed by atoms with E-state index in [0.717, 1.165) is 39.4 Å². The second kappa shape index (κ2) is 14.2. The number of imidazole rings is 1. The van der Waals surface area contributed by atoms with Crippen LogP contribution in [-0.4, -0.2) is 27.0 Å². The molecule has 12 aromatic rings. The number of fused-ring (bicyclic) bond motifs is 12. The fourth-order valence-corrected chi connectivity index (χ4v) is 16.1. The van der Waals surface area contributed by atoms with E-state index in [4.69, 9.17) is 9.97 Å². The number of para-hydroxylation sites is 3. The molecule has 4 aromatic heterocycles. The van der Waals surface area contributed by atoms with Gasteiger partial charge in [-0.1, -0.05) is 166 Å². The summed E-state index contributed by atoms with van der Waals surface area (Å²) >= 11 is 0. The fourth-order valence-electron chi connectivity index (χ4n) is 11.4. The first-order valence-corrected chi connectivity index (χ1v) is 24.4. The van der Waals surface area contributed by atoms with Crippen molar-refractivity contribution in [2.45, 2.75) is 19.3 Å². The third-order valence-corrected chi connectivity index (χ3v) is 18.9. The van der Waals surface area contributed by atoms with Crippen LogP contribution in [0, 0.1) is 0 Å². The van der Waals surface area contributed by atoms with Crippen LogP contribution in [0.2, 0.25) is 0 Å². The molecular formula is C59H43N5Si. The molecule has 5 nitrogen and oxygen atoms in total. The average molecular weight is 850 g/mol. The summed E-state index contributed by atoms with van der Waals surface area (Å²) in [6.45, 7) is 4.74. The number of anilines is 3. The maximum atomic E-state index is 5.24. The number of aromatic nitrogens is 4. The normalized spacial score (nSPS) is 13.5. The zero-order valence-electron chi connectivity index (χ0n) is 36.1. The highest BCUT2D eigenvalue weighted by Gasteiger charge is 2.44. The molecule has 0 spiro atoms. The van der Waals surface area contributed by atoms with Crippen LogP contribution in [0.25, 0.3) is 54.8 Å². The molecule has 13 rings (SSSR count). The highest BCUT2D eigenvalue weighted by molar-refractivity contribution is 7.20. The topological polar surface area (TPSA) is 38.4 Å². The first kappa shape index (κ1) is 37.5. The van der Waals surface area contributed by atoms with Crippen molar-refractivity contribution in [1.29, 1.82) is 0 Å². The first-order valence-electron chi connectivity index (χ1n) is 22.4. The molecule has 0 bridgehead atoms. The number of rotatable bonds is 6. The summed E-state index contributed by atoms with van der Waals surface area (Å²) in [5, 5.41) is 11.3. The number of pyridine rings is 2. The van der Waals surface area contributed by atoms with E-state index in [9.17, 15) is 0 Å². The SMILES string of the molecule is CC1(C)c2cccnc2N(c2cccc([Si](c3ccccc3)(c3ccccc3)c3ccc4c5ccccc5n5ccnc5c4c3)c2)c2ccc3c(c21)c1ccccc1n3-c1ccccc1. The van der Waals surface area contributed by atoms with Gasteiger partial charge in [-0.25, -0.2) is 9.97 Å². The van der Waals surface area contributed by atoms with E-state index in [1.807, 2.05) is 12.4 Å². The zero-order valence-corrected chi connectivity index (χ0v) is 37.1. The monoisotopic (exact) mass is 849 g/mol. The van der Waals surface area contributed by atoms with Crippen molar-refractivity contribution in [2.24, 2.45) is 0 Å². The van der Waals surface area contributed by atoms with Gasteiger partial charge in [0.2, 0.25) is 0 Å². The van der Waals surface area contributed by atoms with E-state index < -0.39 is 8.07 Å². The molecule has 0 radical (unpaired) electrons. The minimum absolute atomic E-state index is 0.363. The fraction of sp³-hybridized carbons (Fsp3) is 0.0508. The Bertz CT molecular complexity index is 3780. The van der Waals surface area contributed by atoms with Crippen LogP contribution in [-0.2, 0) is 5.41 Å². The van der Waals surface area contributed by atoms with Gasteiger partial charge in [0.15, 0.2) is 8.07 Å². The van der Waals surface area contributed by atoms with Gasteiger partial charge < -0.3 is 4.57 Å². The zero-order chi connectivity index (χ0) is 43.3. The van der Waals surface area contributed by atoms with E-state index in [1.165, 1.54) is 64.5 Å². The Morgan fingerprint density at radius 3 is 1.86 bits per heavy atom. The minimum atomic E-state index is -3.06. The number of hydrogen-bond acceptors (Lipinski definition) is 3. The van der Waals surface area contributed by atoms with Gasteiger partial charge in [-0.3, -0.25) is 9.30 Å². The molecule has 0 saturated carbocycles. The minimum Gasteiger partial charge on any atom is -0.309 e. The molecule has 308 valence electrons. The Balaban J connectivity index is 1.10. The van der Waals surface area contributed by atoms with Gasteiger partial charge in [0.25, 0.3) is 0 Å². The molecule has 0 N–H and O–H groups in total. The molecule has 8 aromatic carbocycles. The van der Waals surface area contributed by atoms with Crippen LogP contribution in [0.5, 0.6) is 0 Å². The van der Waals surface area contributed by atoms with E-state index >= 15 is 0 Å². The molecule has 0 atom stereocenters. The van der Waals surface area contributed by atoms with Gasteiger partial charge >= 0.3 is 0 Å². The lowest BCUT2D eigenvalue weighted by atomic mass is 9.73. The van der Waals surface area contributed by atoms with Gasteiger partial charge in [-0.15, -0.1) is 0 Å². The Labute approximate surface area is 378 Å². The van der Waals surface area contributed by atoms with Crippen molar-refractivity contribution in [3.05, 3.63) is 236 Å². The second-order valence-electron chi connectivity index (χ2n) is 17.8. The van der Waals surface area contributed by atoms with Gasteiger partial charge in [-0.2, -0.15) is 0 Å². The smallest absolute Gasteiger partial charge is 0.179 e. The Kier molecular flexibility index (Phi) is 8.20. The summed E-state index contributed by atoms with van der Waals surface area (Å²) in [5.41, 5.74) is 10.0. The van der Waals surface area contributed by atoms with E-state index in [-0.39, 0.29) is 5.41 Å². The second-order valence-corrected chi connectivity index (χ2v) is 21.6. The van der Waals surface area contributed by atoms with Crippen LogP contribution < -0.4 is 25.6 Å². The van der Waals surface area contributed by atoms with Crippen LogP contribution >= 0.6 is 0 Å². The lowest BCUT2D eigenvalue weighted by Crippen LogP contribution is -2.74. The summed E-state index contributed by atoms with van der Waals surface area (Å²) in [4.78, 5) is 12.7. The quantitative estimate of drug-likeness (QED) is 0.0950. The van der Waals surface area contributed by atoms with Crippen molar-refractivity contribution in [3.8, 4) is 5.69 Å². The number of hydrogen-bond donors (Lipinski definition) is 0. The summed E-state index contributed by atoms with van der Waals surface area (Å²) in [6.07, 6.45) is 5.95. The predicted molar refractivity (Wildman–Crippen MR) is 273 cm³/mol. The van der Waals surface area contributed by atoms with Crippen molar-refractivity contribution in [1.82, 2.24) is 18.9 Å². The summed E-state index contributed by atoms with van der Waals surface area (Å²) < 4.78 is 4.67. The molecule has 0 unspecified atom stereocenters. The molecule has 5 heterocycles. The maximum absolute atomic E-state index is 5.24. The van der Waals surface area contributed by atoms with Gasteiger partial charge in [0.1, 0.15) is 11.5 Å². The third kappa shape index (κ3) is 5.32. The van der Waals surface area contributed by atoms with Gasteiger partial charge in [-0.05, 0) is 86.3 Å². The molecule has 0 saturated heterocycles. The molecule has 0 fully saturated rings. The Morgan fingerprint density at radius 1 is 0.446 bits per heavy atom. The predicted octanol–water partition coefficient (Wildman–Crippen LogP) is 11.6. The lowest BCUT2D eigenvalue weighted by Gasteiger charge is -2.42. The van der Waals surface area contributed by atoms with E-state index in [2.05, 4.69) is 240 Å². The third-order valence-electron chi connectivity index (χ3n) is 14.1. The summed E-state index contributed by atoms with van der Waals surface area (Å²) in [5.74, 6) is 0.958. The average Bonchev–Trinajstić information content (AvgIpc) is 4.00. The van der Waals surface area contributed by atoms with Crippen molar-refractivity contribution in [2.75, 3.05) is 4.90 Å². The number of benzene rings is 8. The highest BCUT2D eigenvalue weighted by Crippen LogP contribution is 2.54.